The quantitative estimate of drug-likeness (QED) is 0.745. The second-order valence-electron chi connectivity index (χ2n) is 6.43. The van der Waals surface area contributed by atoms with E-state index in [0.29, 0.717) is 29.8 Å². The summed E-state index contributed by atoms with van der Waals surface area (Å²) in [6.45, 7) is 3.72. The molecule has 102 valence electrons. The van der Waals surface area contributed by atoms with E-state index < -0.39 is 0 Å². The molecule has 0 aromatic rings. The standard InChI is InChI=1S/C14H24N2O2/c1-15(2)6-11-9-18-13-8-16(7-12(11)13)14(17)10-4-3-5-10/h10-13H,3-9H2,1-2H3/t11-,12-,13-/m1/s1. The average molecular weight is 252 g/mol. The van der Waals surface area contributed by atoms with E-state index in [2.05, 4.69) is 23.9 Å². The lowest BCUT2D eigenvalue weighted by atomic mass is 9.84. The van der Waals surface area contributed by atoms with Gasteiger partial charge in [-0.15, -0.1) is 0 Å². The van der Waals surface area contributed by atoms with Gasteiger partial charge in [-0.05, 0) is 26.9 Å². The predicted molar refractivity (Wildman–Crippen MR) is 69.2 cm³/mol. The van der Waals surface area contributed by atoms with Gasteiger partial charge in [-0.1, -0.05) is 6.42 Å². The molecule has 1 amide bonds. The van der Waals surface area contributed by atoms with Gasteiger partial charge < -0.3 is 14.5 Å². The van der Waals surface area contributed by atoms with E-state index >= 15 is 0 Å². The van der Waals surface area contributed by atoms with Crippen molar-refractivity contribution < 1.29 is 9.53 Å². The maximum absolute atomic E-state index is 12.2. The minimum atomic E-state index is 0.305. The highest BCUT2D eigenvalue weighted by Crippen LogP contribution is 2.36. The van der Waals surface area contributed by atoms with Crippen LogP contribution in [-0.4, -0.2) is 62.1 Å². The summed E-state index contributed by atoms with van der Waals surface area (Å²) in [4.78, 5) is 16.5. The zero-order valence-electron chi connectivity index (χ0n) is 11.5. The van der Waals surface area contributed by atoms with Crippen molar-refractivity contribution >= 4 is 5.91 Å². The Balaban J connectivity index is 1.58. The molecule has 0 N–H and O–H groups in total. The highest BCUT2D eigenvalue weighted by Gasteiger charge is 2.46. The highest BCUT2D eigenvalue weighted by atomic mass is 16.5. The van der Waals surface area contributed by atoms with Crippen LogP contribution in [0.25, 0.3) is 0 Å². The summed E-state index contributed by atoms with van der Waals surface area (Å²) in [5, 5.41) is 0. The molecule has 2 saturated heterocycles. The van der Waals surface area contributed by atoms with E-state index in [1.165, 1.54) is 6.42 Å². The van der Waals surface area contributed by atoms with Gasteiger partial charge in [0.2, 0.25) is 5.91 Å². The number of likely N-dealkylation sites (tertiary alicyclic amines) is 1. The minimum absolute atomic E-state index is 0.305. The summed E-state index contributed by atoms with van der Waals surface area (Å²) in [7, 11) is 4.22. The summed E-state index contributed by atoms with van der Waals surface area (Å²) >= 11 is 0. The maximum atomic E-state index is 12.2. The van der Waals surface area contributed by atoms with Crippen molar-refractivity contribution in [2.45, 2.75) is 25.4 Å². The van der Waals surface area contributed by atoms with Gasteiger partial charge in [-0.3, -0.25) is 4.79 Å². The lowest BCUT2D eigenvalue weighted by Crippen LogP contribution is -2.39. The number of ether oxygens (including phenoxy) is 1. The normalized spacial score (nSPS) is 35.9. The number of amides is 1. The molecule has 0 radical (unpaired) electrons. The van der Waals surface area contributed by atoms with Crippen molar-refractivity contribution in [3.05, 3.63) is 0 Å². The molecule has 3 aliphatic rings. The molecule has 0 aromatic carbocycles. The molecule has 1 aliphatic carbocycles. The zero-order valence-corrected chi connectivity index (χ0v) is 11.5. The van der Waals surface area contributed by atoms with Crippen LogP contribution in [-0.2, 0) is 9.53 Å². The Morgan fingerprint density at radius 1 is 1.33 bits per heavy atom. The molecule has 0 aromatic heterocycles. The molecule has 3 atom stereocenters. The van der Waals surface area contributed by atoms with Crippen LogP contribution in [0.15, 0.2) is 0 Å². The monoisotopic (exact) mass is 252 g/mol. The van der Waals surface area contributed by atoms with E-state index in [9.17, 15) is 4.79 Å². The first-order valence-electron chi connectivity index (χ1n) is 7.20. The number of hydrogen-bond acceptors (Lipinski definition) is 3. The summed E-state index contributed by atoms with van der Waals surface area (Å²) < 4.78 is 5.88. The van der Waals surface area contributed by atoms with Crippen LogP contribution >= 0.6 is 0 Å². The molecule has 0 spiro atoms. The summed E-state index contributed by atoms with van der Waals surface area (Å²) in [5.41, 5.74) is 0. The third-order valence-corrected chi connectivity index (χ3v) is 4.80. The second kappa shape index (κ2) is 4.82. The van der Waals surface area contributed by atoms with Crippen molar-refractivity contribution in [1.29, 1.82) is 0 Å². The number of fused-ring (bicyclic) bond motifs is 1. The van der Waals surface area contributed by atoms with Crippen molar-refractivity contribution in [1.82, 2.24) is 9.80 Å². The van der Waals surface area contributed by atoms with Gasteiger partial charge in [0, 0.05) is 37.4 Å². The molecule has 1 saturated carbocycles. The number of hydrogen-bond donors (Lipinski definition) is 0. The van der Waals surface area contributed by atoms with Crippen LogP contribution in [0.3, 0.4) is 0 Å². The third kappa shape index (κ3) is 2.16. The smallest absolute Gasteiger partial charge is 0.225 e. The Labute approximate surface area is 109 Å². The third-order valence-electron chi connectivity index (χ3n) is 4.80. The molecule has 2 aliphatic heterocycles. The van der Waals surface area contributed by atoms with Crippen LogP contribution in [0.4, 0.5) is 0 Å². The lowest BCUT2D eigenvalue weighted by Gasteiger charge is -2.30. The van der Waals surface area contributed by atoms with Crippen LogP contribution < -0.4 is 0 Å². The first kappa shape index (κ1) is 12.4. The molecular formula is C14H24N2O2. The molecule has 4 nitrogen and oxygen atoms in total. The van der Waals surface area contributed by atoms with Crippen LogP contribution in [0, 0.1) is 17.8 Å². The van der Waals surface area contributed by atoms with E-state index in [4.69, 9.17) is 4.74 Å². The van der Waals surface area contributed by atoms with Crippen LogP contribution in [0.2, 0.25) is 0 Å². The van der Waals surface area contributed by atoms with Gasteiger partial charge in [0.15, 0.2) is 0 Å². The topological polar surface area (TPSA) is 32.8 Å². The molecule has 18 heavy (non-hydrogen) atoms. The molecule has 3 rings (SSSR count). The van der Waals surface area contributed by atoms with Crippen molar-refractivity contribution in [3.8, 4) is 0 Å². The van der Waals surface area contributed by atoms with Gasteiger partial charge in [0.1, 0.15) is 0 Å². The first-order chi connectivity index (χ1) is 8.65. The van der Waals surface area contributed by atoms with Gasteiger partial charge in [0.25, 0.3) is 0 Å². The molecule has 0 bridgehead atoms. The Hall–Kier alpha value is -0.610. The van der Waals surface area contributed by atoms with E-state index in [0.717, 1.165) is 39.1 Å². The average Bonchev–Trinajstić information content (AvgIpc) is 2.77. The van der Waals surface area contributed by atoms with Crippen molar-refractivity contribution in [3.63, 3.8) is 0 Å². The molecule has 3 fully saturated rings. The molecule has 0 unspecified atom stereocenters. The fourth-order valence-corrected chi connectivity index (χ4v) is 3.55. The van der Waals surface area contributed by atoms with Gasteiger partial charge in [0.05, 0.1) is 12.7 Å². The Bertz CT molecular complexity index is 328. The van der Waals surface area contributed by atoms with E-state index in [1.54, 1.807) is 0 Å². The number of carbonyl (C=O) groups excluding carboxylic acids is 1. The molecule has 4 heteroatoms. The number of carbonyl (C=O) groups is 1. The fourth-order valence-electron chi connectivity index (χ4n) is 3.55. The summed E-state index contributed by atoms with van der Waals surface area (Å²) in [5.74, 6) is 1.89. The van der Waals surface area contributed by atoms with Crippen molar-refractivity contribution in [2.24, 2.45) is 17.8 Å². The lowest BCUT2D eigenvalue weighted by molar-refractivity contribution is -0.137. The largest absolute Gasteiger partial charge is 0.376 e. The second-order valence-corrected chi connectivity index (χ2v) is 6.43. The zero-order chi connectivity index (χ0) is 12.7. The Morgan fingerprint density at radius 2 is 2.11 bits per heavy atom. The molecule has 2 heterocycles. The summed E-state index contributed by atoms with van der Waals surface area (Å²) in [6, 6.07) is 0. The van der Waals surface area contributed by atoms with Gasteiger partial charge in [-0.25, -0.2) is 0 Å². The van der Waals surface area contributed by atoms with Gasteiger partial charge >= 0.3 is 0 Å². The molecular weight excluding hydrogens is 228 g/mol. The summed E-state index contributed by atoms with van der Waals surface area (Å²) in [6.07, 6.45) is 3.75. The Morgan fingerprint density at radius 3 is 2.72 bits per heavy atom. The van der Waals surface area contributed by atoms with Gasteiger partial charge in [-0.2, -0.15) is 0 Å². The minimum Gasteiger partial charge on any atom is -0.376 e. The van der Waals surface area contributed by atoms with E-state index in [-0.39, 0.29) is 0 Å². The fraction of sp³-hybridized carbons (Fsp3) is 0.929. The highest BCUT2D eigenvalue weighted by molar-refractivity contribution is 5.80. The first-order valence-corrected chi connectivity index (χ1v) is 7.20. The number of rotatable bonds is 3. The van der Waals surface area contributed by atoms with Crippen LogP contribution in [0.1, 0.15) is 19.3 Å². The predicted octanol–water partition coefficient (Wildman–Crippen LogP) is 0.821. The van der Waals surface area contributed by atoms with E-state index in [1.807, 2.05) is 0 Å². The SMILES string of the molecule is CN(C)C[C@@H]1CO[C@@H]2CN(C(=O)C3CCC3)C[C@H]12. The van der Waals surface area contributed by atoms with Crippen molar-refractivity contribution in [2.75, 3.05) is 40.3 Å². The number of nitrogens with zero attached hydrogens (tertiary/aromatic N) is 2. The maximum Gasteiger partial charge on any atom is 0.225 e. The Kier molecular flexibility index (Phi) is 3.32. The van der Waals surface area contributed by atoms with Crippen LogP contribution in [0.5, 0.6) is 0 Å².